The zero-order chi connectivity index (χ0) is 13.8. The molecule has 1 aliphatic heterocycles. The molecule has 1 saturated heterocycles. The molecule has 0 aromatic carbocycles. The molecule has 0 bridgehead atoms. The Kier molecular flexibility index (Phi) is 6.52. The average molecular weight is 313 g/mol. The molecule has 2 heterocycles. The van der Waals surface area contributed by atoms with Gasteiger partial charge in [-0.2, -0.15) is 5.10 Å². The third kappa shape index (κ3) is 4.70. The first-order valence-electron chi connectivity index (χ1n) is 8.26. The number of aromatic amines is 1. The Morgan fingerprint density at radius 3 is 2.57 bits per heavy atom. The van der Waals surface area contributed by atoms with Crippen molar-refractivity contribution in [1.82, 2.24) is 20.4 Å². The lowest BCUT2D eigenvalue weighted by Crippen LogP contribution is -2.43. The van der Waals surface area contributed by atoms with Crippen LogP contribution in [0.25, 0.3) is 0 Å². The van der Waals surface area contributed by atoms with Crippen LogP contribution in [0.15, 0.2) is 6.20 Å². The van der Waals surface area contributed by atoms with Crippen molar-refractivity contribution < 1.29 is 0 Å². The van der Waals surface area contributed by atoms with E-state index in [1.54, 1.807) is 0 Å². The lowest BCUT2D eigenvalue weighted by atomic mass is 10.0. The topological polar surface area (TPSA) is 44.0 Å². The van der Waals surface area contributed by atoms with Crippen LogP contribution >= 0.6 is 12.4 Å². The molecule has 3 rings (SSSR count). The van der Waals surface area contributed by atoms with Gasteiger partial charge >= 0.3 is 0 Å². The molecule has 0 amide bonds. The number of halogens is 1. The molecule has 120 valence electrons. The van der Waals surface area contributed by atoms with Gasteiger partial charge in [0, 0.05) is 30.4 Å². The van der Waals surface area contributed by atoms with E-state index in [1.807, 2.05) is 6.20 Å². The highest BCUT2D eigenvalue weighted by atomic mass is 35.5. The Hall–Kier alpha value is -0.580. The Labute approximate surface area is 134 Å². The van der Waals surface area contributed by atoms with Crippen molar-refractivity contribution in [2.45, 2.75) is 58.0 Å². The molecular formula is C16H29ClN4. The van der Waals surface area contributed by atoms with Gasteiger partial charge in [0.15, 0.2) is 0 Å². The summed E-state index contributed by atoms with van der Waals surface area (Å²) in [5.74, 6) is 0.994. The molecule has 2 aliphatic rings. The van der Waals surface area contributed by atoms with Gasteiger partial charge in [-0.3, -0.25) is 5.10 Å². The summed E-state index contributed by atoms with van der Waals surface area (Å²) in [6, 6.07) is 0.684. The van der Waals surface area contributed by atoms with Crippen molar-refractivity contribution in [2.24, 2.45) is 5.92 Å². The maximum atomic E-state index is 4.08. The zero-order valence-corrected chi connectivity index (χ0v) is 13.9. The van der Waals surface area contributed by atoms with E-state index in [0.29, 0.717) is 6.04 Å². The second kappa shape index (κ2) is 8.16. The van der Waals surface area contributed by atoms with Crippen molar-refractivity contribution in [2.75, 3.05) is 19.6 Å². The number of piperidine rings is 1. The van der Waals surface area contributed by atoms with E-state index in [4.69, 9.17) is 0 Å². The number of aromatic nitrogens is 2. The number of likely N-dealkylation sites (tertiary alicyclic amines) is 1. The van der Waals surface area contributed by atoms with Crippen LogP contribution in [-0.2, 0) is 6.54 Å². The summed E-state index contributed by atoms with van der Waals surface area (Å²) in [5.41, 5.74) is 2.49. The molecule has 4 nitrogen and oxygen atoms in total. The molecule has 0 atom stereocenters. The fraction of sp³-hybridized carbons (Fsp3) is 0.812. The van der Waals surface area contributed by atoms with Gasteiger partial charge in [0.1, 0.15) is 0 Å². The summed E-state index contributed by atoms with van der Waals surface area (Å²) < 4.78 is 0. The number of rotatable bonds is 5. The van der Waals surface area contributed by atoms with Crippen molar-refractivity contribution in [3.8, 4) is 0 Å². The minimum absolute atomic E-state index is 0. The minimum atomic E-state index is 0. The highest BCUT2D eigenvalue weighted by Gasteiger charge is 2.23. The van der Waals surface area contributed by atoms with Crippen LogP contribution in [-0.4, -0.2) is 40.8 Å². The maximum Gasteiger partial charge on any atom is 0.0535 e. The van der Waals surface area contributed by atoms with E-state index in [0.717, 1.165) is 12.5 Å². The highest BCUT2D eigenvalue weighted by molar-refractivity contribution is 5.85. The minimum Gasteiger partial charge on any atom is -0.310 e. The second-order valence-electron chi connectivity index (χ2n) is 6.63. The van der Waals surface area contributed by atoms with Crippen LogP contribution in [0.3, 0.4) is 0 Å². The third-order valence-corrected chi connectivity index (χ3v) is 5.09. The van der Waals surface area contributed by atoms with Gasteiger partial charge in [-0.1, -0.05) is 12.8 Å². The fourth-order valence-corrected chi connectivity index (χ4v) is 3.69. The van der Waals surface area contributed by atoms with E-state index in [9.17, 15) is 0 Å². The Morgan fingerprint density at radius 2 is 1.95 bits per heavy atom. The third-order valence-electron chi connectivity index (χ3n) is 5.09. The number of nitrogens with one attached hydrogen (secondary N) is 2. The Morgan fingerprint density at radius 1 is 1.24 bits per heavy atom. The maximum absolute atomic E-state index is 4.08. The van der Waals surface area contributed by atoms with E-state index in [-0.39, 0.29) is 12.4 Å². The molecular weight excluding hydrogens is 284 g/mol. The summed E-state index contributed by atoms with van der Waals surface area (Å²) in [6.07, 6.45) is 10.4. The summed E-state index contributed by atoms with van der Waals surface area (Å²) in [6.45, 7) is 6.95. The average Bonchev–Trinajstić information content (AvgIpc) is 3.10. The predicted molar refractivity (Wildman–Crippen MR) is 88.8 cm³/mol. The lowest BCUT2D eigenvalue weighted by molar-refractivity contribution is 0.172. The summed E-state index contributed by atoms with van der Waals surface area (Å²) in [4.78, 5) is 2.69. The van der Waals surface area contributed by atoms with Gasteiger partial charge in [-0.15, -0.1) is 12.4 Å². The van der Waals surface area contributed by atoms with Crippen LogP contribution in [0, 0.1) is 12.8 Å². The van der Waals surface area contributed by atoms with E-state index in [1.165, 1.54) is 69.4 Å². The van der Waals surface area contributed by atoms with Gasteiger partial charge in [-0.05, 0) is 51.6 Å². The molecule has 5 heteroatoms. The molecule has 2 N–H and O–H groups in total. The van der Waals surface area contributed by atoms with Crippen molar-refractivity contribution in [3.05, 3.63) is 17.5 Å². The van der Waals surface area contributed by atoms with Crippen molar-refractivity contribution in [1.29, 1.82) is 0 Å². The Balaban J connectivity index is 0.00000161. The van der Waals surface area contributed by atoms with Gasteiger partial charge in [0.05, 0.1) is 6.20 Å². The monoisotopic (exact) mass is 312 g/mol. The van der Waals surface area contributed by atoms with Gasteiger partial charge < -0.3 is 10.2 Å². The standard InChI is InChI=1S/C16H28N4.ClH/c1-13-15(11-18-19-13)10-17-16-6-8-20(9-7-16)12-14-4-2-3-5-14;/h11,14,16-17H,2-10,12H2,1H3,(H,18,19);1H. The summed E-state index contributed by atoms with van der Waals surface area (Å²) in [5, 5.41) is 10.8. The van der Waals surface area contributed by atoms with Gasteiger partial charge in [0.2, 0.25) is 0 Å². The SMILES string of the molecule is Cc1[nH]ncc1CNC1CCN(CC2CCCC2)CC1.Cl. The number of nitrogens with zero attached hydrogens (tertiary/aromatic N) is 2. The molecule has 0 spiro atoms. The first kappa shape index (κ1) is 16.8. The quantitative estimate of drug-likeness (QED) is 0.878. The molecule has 1 aromatic heterocycles. The molecule has 2 fully saturated rings. The Bertz CT molecular complexity index is 406. The number of H-pyrrole nitrogens is 1. The van der Waals surface area contributed by atoms with Crippen molar-refractivity contribution >= 4 is 12.4 Å². The fourth-order valence-electron chi connectivity index (χ4n) is 3.69. The highest BCUT2D eigenvalue weighted by Crippen LogP contribution is 2.26. The van der Waals surface area contributed by atoms with Crippen LogP contribution in [0.5, 0.6) is 0 Å². The first-order valence-corrected chi connectivity index (χ1v) is 8.26. The van der Waals surface area contributed by atoms with E-state index in [2.05, 4.69) is 27.3 Å². The number of hydrogen-bond acceptors (Lipinski definition) is 3. The van der Waals surface area contributed by atoms with Crippen LogP contribution in [0.4, 0.5) is 0 Å². The van der Waals surface area contributed by atoms with Crippen LogP contribution < -0.4 is 5.32 Å². The molecule has 21 heavy (non-hydrogen) atoms. The smallest absolute Gasteiger partial charge is 0.0535 e. The second-order valence-corrected chi connectivity index (χ2v) is 6.63. The van der Waals surface area contributed by atoms with Crippen molar-refractivity contribution in [3.63, 3.8) is 0 Å². The molecule has 1 aliphatic carbocycles. The van der Waals surface area contributed by atoms with Gasteiger partial charge in [-0.25, -0.2) is 0 Å². The zero-order valence-electron chi connectivity index (χ0n) is 13.1. The van der Waals surface area contributed by atoms with Crippen LogP contribution in [0.1, 0.15) is 49.8 Å². The summed E-state index contributed by atoms with van der Waals surface area (Å²) >= 11 is 0. The number of aryl methyl sites for hydroxylation is 1. The lowest BCUT2D eigenvalue weighted by Gasteiger charge is -2.34. The van der Waals surface area contributed by atoms with E-state index < -0.39 is 0 Å². The van der Waals surface area contributed by atoms with Crippen LogP contribution in [0.2, 0.25) is 0 Å². The van der Waals surface area contributed by atoms with Gasteiger partial charge in [0.25, 0.3) is 0 Å². The molecule has 0 unspecified atom stereocenters. The summed E-state index contributed by atoms with van der Waals surface area (Å²) in [7, 11) is 0. The number of hydrogen-bond donors (Lipinski definition) is 2. The molecule has 1 saturated carbocycles. The molecule has 0 radical (unpaired) electrons. The first-order chi connectivity index (χ1) is 9.81. The molecule has 1 aromatic rings. The predicted octanol–water partition coefficient (Wildman–Crippen LogP) is 2.88. The normalized spacial score (nSPS) is 21.6. The largest absolute Gasteiger partial charge is 0.310 e. The van der Waals surface area contributed by atoms with E-state index >= 15 is 0 Å².